The monoisotopic (exact) mass is 362 g/mol. The number of aryl methyl sites for hydroxylation is 1. The van der Waals surface area contributed by atoms with E-state index in [4.69, 9.17) is 4.74 Å². The molecule has 0 N–H and O–H groups in total. The maximum atomic E-state index is 12.3. The van der Waals surface area contributed by atoms with E-state index in [2.05, 4.69) is 0 Å². The number of rotatable bonds is 7. The first-order valence-electron chi connectivity index (χ1n) is 8.70. The number of nitriles is 1. The lowest BCUT2D eigenvalue weighted by Crippen LogP contribution is -2.34. The van der Waals surface area contributed by atoms with Gasteiger partial charge in [0, 0.05) is 13.1 Å². The van der Waals surface area contributed by atoms with Gasteiger partial charge in [-0.05, 0) is 31.1 Å². The second-order valence-electron chi connectivity index (χ2n) is 6.05. The molecule has 0 spiro atoms. The fourth-order valence-corrected chi connectivity index (χ4v) is 2.44. The zero-order valence-electron chi connectivity index (χ0n) is 15.5. The molecule has 0 fully saturated rings. The lowest BCUT2D eigenvalue weighted by Gasteiger charge is -2.20. The number of likely N-dealkylation sites (N-methyl/N-ethyl adjacent to an activating group) is 1. The van der Waals surface area contributed by atoms with Crippen LogP contribution in [-0.2, 0) is 20.9 Å². The van der Waals surface area contributed by atoms with Gasteiger partial charge in [0.1, 0.15) is 11.6 Å². The highest BCUT2D eigenvalue weighted by atomic mass is 16.5. The van der Waals surface area contributed by atoms with Crippen LogP contribution in [0.5, 0.6) is 0 Å². The summed E-state index contributed by atoms with van der Waals surface area (Å²) in [7, 11) is 0. The van der Waals surface area contributed by atoms with Gasteiger partial charge in [-0.2, -0.15) is 5.26 Å². The number of hydrogen-bond donors (Lipinski definition) is 0. The quantitative estimate of drug-likeness (QED) is 0.429. The Hall–Kier alpha value is -3.39. The largest absolute Gasteiger partial charge is 0.451 e. The van der Waals surface area contributed by atoms with E-state index in [1.165, 1.54) is 6.08 Å². The number of carbonyl (C=O) groups excluding carboxylic acids is 2. The Labute approximate surface area is 159 Å². The summed E-state index contributed by atoms with van der Waals surface area (Å²) in [6, 6.07) is 18.8. The molecule has 2 rings (SSSR count). The van der Waals surface area contributed by atoms with E-state index >= 15 is 0 Å². The van der Waals surface area contributed by atoms with Crippen LogP contribution in [0.1, 0.15) is 23.6 Å². The number of benzene rings is 2. The SMILES string of the molecule is CCN(Cc1ccccc1)C(=O)COC(=O)/C(C#N)=C/c1ccc(C)cc1. The molecule has 0 heterocycles. The number of esters is 1. The molecule has 0 atom stereocenters. The van der Waals surface area contributed by atoms with Crippen LogP contribution in [0.2, 0.25) is 0 Å². The zero-order valence-corrected chi connectivity index (χ0v) is 15.5. The molecule has 2 aromatic carbocycles. The van der Waals surface area contributed by atoms with E-state index in [0.717, 1.165) is 16.7 Å². The maximum Gasteiger partial charge on any atom is 0.349 e. The van der Waals surface area contributed by atoms with E-state index in [-0.39, 0.29) is 11.5 Å². The number of hydrogen-bond acceptors (Lipinski definition) is 4. The lowest BCUT2D eigenvalue weighted by molar-refractivity contribution is -0.148. The van der Waals surface area contributed by atoms with Gasteiger partial charge in [-0.3, -0.25) is 4.79 Å². The smallest absolute Gasteiger partial charge is 0.349 e. The van der Waals surface area contributed by atoms with Crippen LogP contribution in [0, 0.1) is 18.3 Å². The Balaban J connectivity index is 1.96. The predicted octanol–water partition coefficient (Wildman–Crippen LogP) is 3.49. The van der Waals surface area contributed by atoms with Crippen molar-refractivity contribution in [2.45, 2.75) is 20.4 Å². The highest BCUT2D eigenvalue weighted by molar-refractivity contribution is 5.98. The third kappa shape index (κ3) is 6.12. The summed E-state index contributed by atoms with van der Waals surface area (Å²) >= 11 is 0. The van der Waals surface area contributed by atoms with Gasteiger partial charge in [0.15, 0.2) is 6.61 Å². The van der Waals surface area contributed by atoms with Crippen LogP contribution >= 0.6 is 0 Å². The molecule has 0 radical (unpaired) electrons. The fourth-order valence-electron chi connectivity index (χ4n) is 2.44. The van der Waals surface area contributed by atoms with Crippen molar-refractivity contribution >= 4 is 18.0 Å². The van der Waals surface area contributed by atoms with Crippen LogP contribution in [-0.4, -0.2) is 29.9 Å². The second-order valence-corrected chi connectivity index (χ2v) is 6.05. The fraction of sp³-hybridized carbons (Fsp3) is 0.227. The molecule has 0 bridgehead atoms. The zero-order chi connectivity index (χ0) is 19.6. The molecule has 0 unspecified atom stereocenters. The van der Waals surface area contributed by atoms with Crippen molar-refractivity contribution in [1.82, 2.24) is 4.90 Å². The molecular weight excluding hydrogens is 340 g/mol. The van der Waals surface area contributed by atoms with Gasteiger partial charge in [-0.1, -0.05) is 60.2 Å². The Morgan fingerprint density at radius 1 is 1.11 bits per heavy atom. The summed E-state index contributed by atoms with van der Waals surface area (Å²) in [6.07, 6.45) is 1.45. The van der Waals surface area contributed by atoms with Crippen LogP contribution in [0.3, 0.4) is 0 Å². The minimum atomic E-state index is -0.804. The highest BCUT2D eigenvalue weighted by Crippen LogP contribution is 2.10. The van der Waals surface area contributed by atoms with E-state index < -0.39 is 12.6 Å². The number of amides is 1. The molecule has 0 saturated heterocycles. The lowest BCUT2D eigenvalue weighted by atomic mass is 10.1. The number of nitrogens with zero attached hydrogens (tertiary/aromatic N) is 2. The van der Waals surface area contributed by atoms with Gasteiger partial charge in [-0.25, -0.2) is 4.79 Å². The topological polar surface area (TPSA) is 70.4 Å². The summed E-state index contributed by atoms with van der Waals surface area (Å²) in [5.41, 5.74) is 2.66. The van der Waals surface area contributed by atoms with E-state index in [0.29, 0.717) is 13.1 Å². The van der Waals surface area contributed by atoms with Crippen LogP contribution in [0.4, 0.5) is 0 Å². The van der Waals surface area contributed by atoms with E-state index in [9.17, 15) is 14.9 Å². The molecule has 0 aliphatic rings. The average molecular weight is 362 g/mol. The van der Waals surface area contributed by atoms with Crippen molar-refractivity contribution in [3.63, 3.8) is 0 Å². The first kappa shape index (κ1) is 19.9. The standard InChI is InChI=1S/C22H22N2O3/c1-3-24(15-19-7-5-4-6-8-19)21(25)16-27-22(26)20(14-23)13-18-11-9-17(2)10-12-18/h4-13H,3,15-16H2,1-2H3/b20-13+. The predicted molar refractivity (Wildman–Crippen MR) is 103 cm³/mol. The molecule has 0 aliphatic heterocycles. The molecule has 5 nitrogen and oxygen atoms in total. The van der Waals surface area contributed by atoms with Gasteiger partial charge in [0.2, 0.25) is 0 Å². The van der Waals surface area contributed by atoms with E-state index in [1.807, 2.05) is 74.5 Å². The van der Waals surface area contributed by atoms with Crippen molar-refractivity contribution in [3.05, 3.63) is 76.9 Å². The third-order valence-corrected chi connectivity index (χ3v) is 4.01. The molecule has 1 amide bonds. The Kier molecular flexibility index (Phi) is 7.33. The van der Waals surface area contributed by atoms with Gasteiger partial charge in [0.05, 0.1) is 0 Å². The summed E-state index contributed by atoms with van der Waals surface area (Å²) < 4.78 is 5.05. The molecule has 0 saturated carbocycles. The van der Waals surface area contributed by atoms with Crippen molar-refractivity contribution in [3.8, 4) is 6.07 Å². The highest BCUT2D eigenvalue weighted by Gasteiger charge is 2.17. The first-order valence-corrected chi connectivity index (χ1v) is 8.70. The molecular formula is C22H22N2O3. The van der Waals surface area contributed by atoms with Crippen molar-refractivity contribution in [2.75, 3.05) is 13.2 Å². The number of carbonyl (C=O) groups is 2. The van der Waals surface area contributed by atoms with Gasteiger partial charge < -0.3 is 9.64 Å². The molecule has 5 heteroatoms. The van der Waals surface area contributed by atoms with Crippen molar-refractivity contribution in [1.29, 1.82) is 5.26 Å². The Morgan fingerprint density at radius 2 is 1.78 bits per heavy atom. The summed E-state index contributed by atoms with van der Waals surface area (Å²) in [4.78, 5) is 26.1. The van der Waals surface area contributed by atoms with Crippen molar-refractivity contribution in [2.24, 2.45) is 0 Å². The molecule has 27 heavy (non-hydrogen) atoms. The summed E-state index contributed by atoms with van der Waals surface area (Å²) in [5, 5.41) is 9.21. The summed E-state index contributed by atoms with van der Waals surface area (Å²) in [5.74, 6) is -1.11. The minimum absolute atomic E-state index is 0.141. The van der Waals surface area contributed by atoms with Gasteiger partial charge in [-0.15, -0.1) is 0 Å². The molecule has 0 aliphatic carbocycles. The van der Waals surface area contributed by atoms with E-state index in [1.54, 1.807) is 4.90 Å². The Morgan fingerprint density at radius 3 is 2.37 bits per heavy atom. The molecule has 138 valence electrons. The Bertz CT molecular complexity index is 849. The van der Waals surface area contributed by atoms with Crippen LogP contribution in [0.15, 0.2) is 60.2 Å². The summed E-state index contributed by atoms with van der Waals surface area (Å²) in [6.45, 7) is 4.36. The third-order valence-electron chi connectivity index (χ3n) is 4.01. The molecule has 0 aromatic heterocycles. The van der Waals surface area contributed by atoms with Crippen LogP contribution < -0.4 is 0 Å². The van der Waals surface area contributed by atoms with Crippen LogP contribution in [0.25, 0.3) is 6.08 Å². The van der Waals surface area contributed by atoms with Gasteiger partial charge in [0.25, 0.3) is 5.91 Å². The normalized spacial score (nSPS) is 10.8. The van der Waals surface area contributed by atoms with Gasteiger partial charge >= 0.3 is 5.97 Å². The minimum Gasteiger partial charge on any atom is -0.451 e. The first-order chi connectivity index (χ1) is 13.0. The molecule has 2 aromatic rings. The van der Waals surface area contributed by atoms with Crippen molar-refractivity contribution < 1.29 is 14.3 Å². The second kappa shape index (κ2) is 9.93. The average Bonchev–Trinajstić information content (AvgIpc) is 2.70. The maximum absolute atomic E-state index is 12.3. The number of ether oxygens (including phenoxy) is 1.